The first-order valence-electron chi connectivity index (χ1n) is 6.59. The monoisotopic (exact) mass is 277 g/mol. The van der Waals surface area contributed by atoms with Gasteiger partial charge in [0.05, 0.1) is 12.6 Å². The SMILES string of the molecule is Cc1cc(C)c(NC(=O)CN(C)C(C)C(N)=O)c(C)c1. The van der Waals surface area contributed by atoms with Crippen LogP contribution in [0.3, 0.4) is 0 Å². The number of rotatable bonds is 5. The quantitative estimate of drug-likeness (QED) is 0.853. The molecule has 0 spiro atoms. The minimum absolute atomic E-state index is 0.122. The highest BCUT2D eigenvalue weighted by Crippen LogP contribution is 2.21. The molecular weight excluding hydrogens is 254 g/mol. The molecule has 110 valence electrons. The summed E-state index contributed by atoms with van der Waals surface area (Å²) in [6.45, 7) is 7.75. The van der Waals surface area contributed by atoms with E-state index in [1.54, 1.807) is 18.9 Å². The Kier molecular flexibility index (Phi) is 5.27. The number of primary amides is 1. The average Bonchev–Trinajstić information content (AvgIpc) is 2.32. The Bertz CT molecular complexity index is 503. The lowest BCUT2D eigenvalue weighted by Gasteiger charge is -2.22. The number of benzene rings is 1. The smallest absolute Gasteiger partial charge is 0.238 e. The molecule has 1 aromatic carbocycles. The van der Waals surface area contributed by atoms with Crippen LogP contribution in [0.2, 0.25) is 0 Å². The maximum absolute atomic E-state index is 12.0. The molecule has 0 fully saturated rings. The van der Waals surface area contributed by atoms with Crippen LogP contribution in [0, 0.1) is 20.8 Å². The highest BCUT2D eigenvalue weighted by atomic mass is 16.2. The number of carbonyl (C=O) groups is 2. The van der Waals surface area contributed by atoms with Crippen molar-refractivity contribution in [1.29, 1.82) is 0 Å². The first-order chi connectivity index (χ1) is 9.22. The van der Waals surface area contributed by atoms with Crippen molar-refractivity contribution in [1.82, 2.24) is 4.90 Å². The molecule has 2 amide bonds. The van der Waals surface area contributed by atoms with Crippen molar-refractivity contribution in [3.63, 3.8) is 0 Å². The summed E-state index contributed by atoms with van der Waals surface area (Å²) >= 11 is 0. The molecule has 0 aliphatic heterocycles. The average molecular weight is 277 g/mol. The number of hydrogen-bond acceptors (Lipinski definition) is 3. The maximum Gasteiger partial charge on any atom is 0.238 e. The largest absolute Gasteiger partial charge is 0.368 e. The van der Waals surface area contributed by atoms with E-state index >= 15 is 0 Å². The summed E-state index contributed by atoms with van der Waals surface area (Å²) in [5.41, 5.74) is 9.27. The third-order valence-corrected chi connectivity index (χ3v) is 3.41. The lowest BCUT2D eigenvalue weighted by atomic mass is 10.1. The lowest BCUT2D eigenvalue weighted by Crippen LogP contribution is -2.43. The lowest BCUT2D eigenvalue weighted by molar-refractivity contribution is -0.123. The third-order valence-electron chi connectivity index (χ3n) is 3.41. The van der Waals surface area contributed by atoms with Gasteiger partial charge in [-0.05, 0) is 45.9 Å². The molecule has 5 nitrogen and oxygen atoms in total. The first-order valence-corrected chi connectivity index (χ1v) is 6.59. The highest BCUT2D eigenvalue weighted by Gasteiger charge is 2.18. The number of nitrogens with one attached hydrogen (secondary N) is 1. The molecule has 0 saturated carbocycles. The molecule has 1 aromatic rings. The van der Waals surface area contributed by atoms with Crippen molar-refractivity contribution >= 4 is 17.5 Å². The molecule has 0 aliphatic rings. The van der Waals surface area contributed by atoms with E-state index in [1.807, 2.05) is 32.9 Å². The summed E-state index contributed by atoms with van der Waals surface area (Å²) in [4.78, 5) is 24.7. The first kappa shape index (κ1) is 16.2. The van der Waals surface area contributed by atoms with E-state index < -0.39 is 11.9 Å². The Morgan fingerprint density at radius 2 is 1.75 bits per heavy atom. The van der Waals surface area contributed by atoms with Gasteiger partial charge in [-0.25, -0.2) is 0 Å². The van der Waals surface area contributed by atoms with Crippen molar-refractivity contribution in [2.45, 2.75) is 33.7 Å². The number of likely N-dealkylation sites (N-methyl/N-ethyl adjacent to an activating group) is 1. The number of aryl methyl sites for hydroxylation is 3. The van der Waals surface area contributed by atoms with Gasteiger partial charge in [-0.15, -0.1) is 0 Å². The van der Waals surface area contributed by atoms with Crippen LogP contribution in [0.25, 0.3) is 0 Å². The van der Waals surface area contributed by atoms with Gasteiger partial charge >= 0.3 is 0 Å². The predicted octanol–water partition coefficient (Wildman–Crippen LogP) is 1.36. The van der Waals surface area contributed by atoms with E-state index in [4.69, 9.17) is 5.73 Å². The van der Waals surface area contributed by atoms with E-state index in [0.29, 0.717) is 0 Å². The van der Waals surface area contributed by atoms with Crippen LogP contribution in [0.1, 0.15) is 23.6 Å². The summed E-state index contributed by atoms with van der Waals surface area (Å²) in [7, 11) is 1.70. The van der Waals surface area contributed by atoms with Crippen LogP contribution in [0.4, 0.5) is 5.69 Å². The summed E-state index contributed by atoms with van der Waals surface area (Å²) in [5.74, 6) is -0.598. The van der Waals surface area contributed by atoms with Crippen LogP contribution in [0.15, 0.2) is 12.1 Å². The van der Waals surface area contributed by atoms with Crippen molar-refractivity contribution in [2.24, 2.45) is 5.73 Å². The zero-order chi connectivity index (χ0) is 15.4. The van der Waals surface area contributed by atoms with Gasteiger partial charge in [-0.3, -0.25) is 14.5 Å². The zero-order valence-corrected chi connectivity index (χ0v) is 12.8. The van der Waals surface area contributed by atoms with E-state index in [9.17, 15) is 9.59 Å². The number of carbonyl (C=O) groups excluding carboxylic acids is 2. The van der Waals surface area contributed by atoms with Crippen LogP contribution in [-0.2, 0) is 9.59 Å². The van der Waals surface area contributed by atoms with Gasteiger partial charge in [-0.1, -0.05) is 17.7 Å². The Balaban J connectivity index is 2.75. The minimum atomic E-state index is -0.471. The standard InChI is InChI=1S/C15H23N3O2/c1-9-6-10(2)14(11(3)7-9)17-13(19)8-18(5)12(4)15(16)20/h6-7,12H,8H2,1-5H3,(H2,16,20)(H,17,19). The van der Waals surface area contributed by atoms with E-state index in [1.165, 1.54) is 0 Å². The maximum atomic E-state index is 12.0. The summed E-state index contributed by atoms with van der Waals surface area (Å²) in [5, 5.41) is 2.90. The van der Waals surface area contributed by atoms with Crippen LogP contribution < -0.4 is 11.1 Å². The van der Waals surface area contributed by atoms with Crippen LogP contribution in [-0.4, -0.2) is 36.3 Å². The molecule has 0 heterocycles. The fraction of sp³-hybridized carbons (Fsp3) is 0.467. The number of nitrogens with zero attached hydrogens (tertiary/aromatic N) is 1. The summed E-state index contributed by atoms with van der Waals surface area (Å²) in [6.07, 6.45) is 0. The molecule has 0 aliphatic carbocycles. The van der Waals surface area contributed by atoms with Gasteiger partial charge in [-0.2, -0.15) is 0 Å². The Hall–Kier alpha value is -1.88. The Morgan fingerprint density at radius 3 is 2.20 bits per heavy atom. The van der Waals surface area contributed by atoms with Gasteiger partial charge in [0.1, 0.15) is 0 Å². The second-order valence-corrected chi connectivity index (χ2v) is 5.32. The molecule has 1 atom stereocenters. The molecule has 3 N–H and O–H groups in total. The van der Waals surface area contributed by atoms with E-state index in [-0.39, 0.29) is 12.5 Å². The predicted molar refractivity (Wildman–Crippen MR) is 80.6 cm³/mol. The summed E-state index contributed by atoms with van der Waals surface area (Å²) < 4.78 is 0. The van der Waals surface area contributed by atoms with Gasteiger partial charge in [0.2, 0.25) is 11.8 Å². The molecular formula is C15H23N3O2. The number of hydrogen-bond donors (Lipinski definition) is 2. The van der Waals surface area contributed by atoms with Crippen molar-refractivity contribution in [2.75, 3.05) is 18.9 Å². The normalized spacial score (nSPS) is 12.3. The fourth-order valence-electron chi connectivity index (χ4n) is 2.14. The topological polar surface area (TPSA) is 75.4 Å². The molecule has 0 radical (unpaired) electrons. The zero-order valence-electron chi connectivity index (χ0n) is 12.8. The molecule has 0 saturated heterocycles. The fourth-order valence-corrected chi connectivity index (χ4v) is 2.14. The molecule has 0 aromatic heterocycles. The van der Waals surface area contributed by atoms with Gasteiger partial charge in [0, 0.05) is 5.69 Å². The van der Waals surface area contributed by atoms with Crippen LogP contribution in [0.5, 0.6) is 0 Å². The Morgan fingerprint density at radius 1 is 1.25 bits per heavy atom. The Labute approximate surface area is 120 Å². The minimum Gasteiger partial charge on any atom is -0.368 e. The highest BCUT2D eigenvalue weighted by molar-refractivity contribution is 5.94. The number of anilines is 1. The van der Waals surface area contributed by atoms with E-state index in [2.05, 4.69) is 5.32 Å². The summed E-state index contributed by atoms with van der Waals surface area (Å²) in [6, 6.07) is 3.58. The second kappa shape index (κ2) is 6.52. The second-order valence-electron chi connectivity index (χ2n) is 5.32. The number of amides is 2. The molecule has 5 heteroatoms. The molecule has 1 unspecified atom stereocenters. The van der Waals surface area contributed by atoms with Gasteiger partial charge < -0.3 is 11.1 Å². The van der Waals surface area contributed by atoms with Gasteiger partial charge in [0.25, 0.3) is 0 Å². The molecule has 20 heavy (non-hydrogen) atoms. The number of nitrogens with two attached hydrogens (primary N) is 1. The van der Waals surface area contributed by atoms with Crippen molar-refractivity contribution in [3.05, 3.63) is 28.8 Å². The molecule has 1 rings (SSSR count). The molecule has 0 bridgehead atoms. The van der Waals surface area contributed by atoms with Crippen molar-refractivity contribution < 1.29 is 9.59 Å². The van der Waals surface area contributed by atoms with Crippen molar-refractivity contribution in [3.8, 4) is 0 Å². The van der Waals surface area contributed by atoms with Gasteiger partial charge in [0.15, 0.2) is 0 Å². The van der Waals surface area contributed by atoms with Crippen LogP contribution >= 0.6 is 0 Å². The van der Waals surface area contributed by atoms with E-state index in [0.717, 1.165) is 22.4 Å². The third kappa shape index (κ3) is 4.06.